The van der Waals surface area contributed by atoms with Crippen LogP contribution in [0, 0.1) is 0 Å². The van der Waals surface area contributed by atoms with Crippen molar-refractivity contribution in [2.24, 2.45) is 10.8 Å². The second-order valence-electron chi connectivity index (χ2n) is 4.42. The molecule has 24 heavy (non-hydrogen) atoms. The van der Waals surface area contributed by atoms with Crippen molar-refractivity contribution in [2.75, 3.05) is 31.2 Å². The van der Waals surface area contributed by atoms with E-state index in [1.54, 1.807) is 32.6 Å². The summed E-state index contributed by atoms with van der Waals surface area (Å²) < 4.78 is 11.6. The Morgan fingerprint density at radius 2 is 2.12 bits per heavy atom. The van der Waals surface area contributed by atoms with Gasteiger partial charge in [-0.15, -0.1) is 10.2 Å². The van der Waals surface area contributed by atoms with E-state index >= 15 is 0 Å². The molecule has 0 radical (unpaired) electrons. The molecule has 0 saturated carbocycles. The molecule has 0 spiro atoms. The van der Waals surface area contributed by atoms with Crippen LogP contribution in [0.1, 0.15) is 5.56 Å². The summed E-state index contributed by atoms with van der Waals surface area (Å²) in [6.45, 7) is 0. The molecule has 1 heterocycles. The molecule has 1 amide bonds. The summed E-state index contributed by atoms with van der Waals surface area (Å²) in [5, 5.41) is 12.0. The average molecular weight is 351 g/mol. The number of thioether (sulfide) groups is 1. The zero-order valence-corrected chi connectivity index (χ0v) is 13.9. The standard InChI is InChI=1S/C13H17N7O3S/c1-22-9-4-3-8(5-10(9)23-2)6-16-17-12-18-19-13(20(12)15)24-7-11(14)21/h3-6H,7,15H2,1-2H3,(H2,14,21)(H,17,18)/b16-6+. The third-order valence-corrected chi connectivity index (χ3v) is 3.76. The molecule has 0 fully saturated rings. The Morgan fingerprint density at radius 3 is 2.79 bits per heavy atom. The van der Waals surface area contributed by atoms with Crippen molar-refractivity contribution < 1.29 is 14.3 Å². The largest absolute Gasteiger partial charge is 0.493 e. The Balaban J connectivity index is 2.03. The second kappa shape index (κ2) is 8.06. The zero-order chi connectivity index (χ0) is 17.5. The molecule has 0 atom stereocenters. The number of nitrogens with zero attached hydrogens (tertiary/aromatic N) is 4. The molecule has 10 nitrogen and oxygen atoms in total. The van der Waals surface area contributed by atoms with E-state index in [1.807, 2.05) is 6.07 Å². The lowest BCUT2D eigenvalue weighted by atomic mass is 10.2. The van der Waals surface area contributed by atoms with Crippen LogP contribution in [0.15, 0.2) is 28.5 Å². The quantitative estimate of drug-likeness (QED) is 0.262. The number of benzene rings is 1. The molecular formula is C13H17N7O3S. The van der Waals surface area contributed by atoms with Gasteiger partial charge in [0.15, 0.2) is 11.5 Å². The van der Waals surface area contributed by atoms with Gasteiger partial charge in [-0.1, -0.05) is 11.8 Å². The number of hydrogen-bond donors (Lipinski definition) is 3. The van der Waals surface area contributed by atoms with Crippen LogP contribution in [-0.2, 0) is 4.79 Å². The zero-order valence-electron chi connectivity index (χ0n) is 13.1. The molecule has 0 aliphatic rings. The Bertz CT molecular complexity index is 747. The molecule has 5 N–H and O–H groups in total. The highest BCUT2D eigenvalue weighted by molar-refractivity contribution is 7.99. The number of nitrogen functional groups attached to an aromatic ring is 1. The molecule has 2 aromatic rings. The third kappa shape index (κ3) is 4.29. The molecule has 0 aliphatic carbocycles. The van der Waals surface area contributed by atoms with Gasteiger partial charge < -0.3 is 21.1 Å². The van der Waals surface area contributed by atoms with Crippen LogP contribution in [0.3, 0.4) is 0 Å². The minimum Gasteiger partial charge on any atom is -0.493 e. The van der Waals surface area contributed by atoms with Crippen molar-refractivity contribution in [3.63, 3.8) is 0 Å². The first-order valence-corrected chi connectivity index (χ1v) is 7.66. The summed E-state index contributed by atoms with van der Waals surface area (Å²) in [5.74, 6) is 6.83. The predicted molar refractivity (Wildman–Crippen MR) is 90.9 cm³/mol. The van der Waals surface area contributed by atoms with Gasteiger partial charge >= 0.3 is 0 Å². The first-order valence-electron chi connectivity index (χ1n) is 6.68. The average Bonchev–Trinajstić information content (AvgIpc) is 2.93. The number of carbonyl (C=O) groups is 1. The Morgan fingerprint density at radius 1 is 1.38 bits per heavy atom. The van der Waals surface area contributed by atoms with Gasteiger partial charge in [0.1, 0.15) is 0 Å². The summed E-state index contributed by atoms with van der Waals surface area (Å²) >= 11 is 1.08. The summed E-state index contributed by atoms with van der Waals surface area (Å²) in [7, 11) is 3.12. The van der Waals surface area contributed by atoms with Crippen LogP contribution in [0.2, 0.25) is 0 Å². The number of ether oxygens (including phenoxy) is 2. The SMILES string of the molecule is COc1ccc(/C=N/Nc2nnc(SCC(N)=O)n2N)cc1OC. The van der Waals surface area contributed by atoms with Crippen molar-refractivity contribution in [2.45, 2.75) is 5.16 Å². The number of aromatic nitrogens is 3. The van der Waals surface area contributed by atoms with Gasteiger partial charge in [0, 0.05) is 0 Å². The van der Waals surface area contributed by atoms with E-state index in [-0.39, 0.29) is 11.7 Å². The molecule has 11 heteroatoms. The van der Waals surface area contributed by atoms with Crippen molar-refractivity contribution >= 4 is 29.8 Å². The van der Waals surface area contributed by atoms with Crippen LogP contribution >= 0.6 is 11.8 Å². The summed E-state index contributed by atoms with van der Waals surface area (Å²) in [6.07, 6.45) is 1.56. The van der Waals surface area contributed by atoms with E-state index in [9.17, 15) is 4.79 Å². The van der Waals surface area contributed by atoms with Crippen LogP contribution in [0.5, 0.6) is 11.5 Å². The second-order valence-corrected chi connectivity index (χ2v) is 5.36. The van der Waals surface area contributed by atoms with Crippen LogP contribution in [-0.4, -0.2) is 47.0 Å². The number of primary amides is 1. The summed E-state index contributed by atoms with van der Waals surface area (Å²) in [5.41, 5.74) is 8.52. The van der Waals surface area contributed by atoms with E-state index in [1.165, 1.54) is 4.68 Å². The van der Waals surface area contributed by atoms with Crippen molar-refractivity contribution in [1.82, 2.24) is 14.9 Å². The molecule has 0 aliphatic heterocycles. The molecule has 1 aromatic carbocycles. The maximum Gasteiger partial charge on any atom is 0.264 e. The van der Waals surface area contributed by atoms with Crippen LogP contribution < -0.4 is 26.5 Å². The monoisotopic (exact) mass is 351 g/mol. The van der Waals surface area contributed by atoms with Crippen molar-refractivity contribution in [3.8, 4) is 11.5 Å². The fourth-order valence-electron chi connectivity index (χ4n) is 1.69. The van der Waals surface area contributed by atoms with Gasteiger partial charge in [0.2, 0.25) is 11.1 Å². The first-order chi connectivity index (χ1) is 11.5. The van der Waals surface area contributed by atoms with Gasteiger partial charge in [-0.2, -0.15) is 5.10 Å². The Hall–Kier alpha value is -2.95. The lowest BCUT2D eigenvalue weighted by Gasteiger charge is -2.07. The highest BCUT2D eigenvalue weighted by atomic mass is 32.2. The number of anilines is 1. The number of hydrazone groups is 1. The number of nitrogens with two attached hydrogens (primary N) is 2. The van der Waals surface area contributed by atoms with E-state index in [2.05, 4.69) is 20.7 Å². The Labute approximate surface area is 142 Å². The maximum atomic E-state index is 10.8. The first kappa shape index (κ1) is 17.4. The fraction of sp³-hybridized carbons (Fsp3) is 0.231. The van der Waals surface area contributed by atoms with Crippen LogP contribution in [0.4, 0.5) is 5.95 Å². The number of hydrogen-bond acceptors (Lipinski definition) is 9. The van der Waals surface area contributed by atoms with E-state index in [4.69, 9.17) is 21.1 Å². The number of rotatable bonds is 8. The molecule has 0 unspecified atom stereocenters. The topological polar surface area (TPSA) is 143 Å². The van der Waals surface area contributed by atoms with Crippen LogP contribution in [0.25, 0.3) is 0 Å². The molecule has 2 rings (SSSR count). The minimum atomic E-state index is -0.469. The van der Waals surface area contributed by atoms with Crippen molar-refractivity contribution in [3.05, 3.63) is 23.8 Å². The third-order valence-electron chi connectivity index (χ3n) is 2.79. The number of amides is 1. The van der Waals surface area contributed by atoms with Gasteiger partial charge in [-0.05, 0) is 23.8 Å². The Kier molecular flexibility index (Phi) is 5.84. The molecular weight excluding hydrogens is 334 g/mol. The minimum absolute atomic E-state index is 0.0598. The van der Waals surface area contributed by atoms with Gasteiger partial charge in [0.25, 0.3) is 5.95 Å². The fourth-order valence-corrected chi connectivity index (χ4v) is 2.28. The lowest BCUT2D eigenvalue weighted by Crippen LogP contribution is -2.16. The normalized spacial score (nSPS) is 10.8. The number of carbonyl (C=O) groups excluding carboxylic acids is 1. The summed E-state index contributed by atoms with van der Waals surface area (Å²) in [4.78, 5) is 10.8. The van der Waals surface area contributed by atoms with Crippen molar-refractivity contribution in [1.29, 1.82) is 0 Å². The van der Waals surface area contributed by atoms with Gasteiger partial charge in [0.05, 0.1) is 26.2 Å². The summed E-state index contributed by atoms with van der Waals surface area (Å²) in [6, 6.07) is 5.35. The highest BCUT2D eigenvalue weighted by Crippen LogP contribution is 2.26. The van der Waals surface area contributed by atoms with E-state index < -0.39 is 5.91 Å². The molecule has 1 aromatic heterocycles. The molecule has 0 bridgehead atoms. The molecule has 128 valence electrons. The van der Waals surface area contributed by atoms with E-state index in [0.29, 0.717) is 16.7 Å². The lowest BCUT2D eigenvalue weighted by molar-refractivity contribution is -0.115. The number of nitrogens with one attached hydrogen (secondary N) is 1. The van der Waals surface area contributed by atoms with Gasteiger partial charge in [-0.3, -0.25) is 4.79 Å². The smallest absolute Gasteiger partial charge is 0.264 e. The number of methoxy groups -OCH3 is 2. The highest BCUT2D eigenvalue weighted by Gasteiger charge is 2.10. The molecule has 0 saturated heterocycles. The van der Waals surface area contributed by atoms with Gasteiger partial charge in [-0.25, -0.2) is 10.1 Å². The predicted octanol–water partition coefficient (Wildman–Crippen LogP) is 0.0325. The maximum absolute atomic E-state index is 10.8. The van der Waals surface area contributed by atoms with E-state index in [0.717, 1.165) is 17.3 Å².